The SMILES string of the molecule is O=C(OCC1=CCC[O+]1)c1ccccc1. The predicted octanol–water partition coefficient (Wildman–Crippen LogP) is 2.15. The van der Waals surface area contributed by atoms with Gasteiger partial charge in [0.05, 0.1) is 12.0 Å². The predicted molar refractivity (Wildman–Crippen MR) is 55.4 cm³/mol. The number of carbonyl (C=O) groups is 1. The van der Waals surface area contributed by atoms with Crippen LogP contribution in [0.15, 0.2) is 42.2 Å². The first kappa shape index (κ1) is 9.77. The van der Waals surface area contributed by atoms with E-state index in [0.29, 0.717) is 12.2 Å². The molecule has 77 valence electrons. The van der Waals surface area contributed by atoms with E-state index in [0.717, 1.165) is 12.2 Å². The van der Waals surface area contributed by atoms with Gasteiger partial charge in [-0.15, -0.1) is 0 Å². The minimum absolute atomic E-state index is 0.230. The fraction of sp³-hybridized carbons (Fsp3) is 0.250. The van der Waals surface area contributed by atoms with Crippen LogP contribution < -0.4 is 0 Å². The van der Waals surface area contributed by atoms with Crippen LogP contribution in [0, 0.1) is 0 Å². The molecule has 1 radical (unpaired) electrons. The molecule has 2 rings (SSSR count). The summed E-state index contributed by atoms with van der Waals surface area (Å²) in [5.41, 5.74) is 0.566. The Balaban J connectivity index is 1.87. The molecule has 1 aliphatic rings. The zero-order valence-electron chi connectivity index (χ0n) is 8.31. The summed E-state index contributed by atoms with van der Waals surface area (Å²) in [6.07, 6.45) is 2.84. The van der Waals surface area contributed by atoms with Crippen molar-refractivity contribution in [3.63, 3.8) is 0 Å². The second-order valence-electron chi connectivity index (χ2n) is 3.25. The molecule has 15 heavy (non-hydrogen) atoms. The van der Waals surface area contributed by atoms with E-state index in [4.69, 9.17) is 9.47 Å². The van der Waals surface area contributed by atoms with Crippen molar-refractivity contribution in [1.29, 1.82) is 0 Å². The van der Waals surface area contributed by atoms with E-state index in [2.05, 4.69) is 0 Å². The van der Waals surface area contributed by atoms with Crippen molar-refractivity contribution >= 4 is 5.97 Å². The highest BCUT2D eigenvalue weighted by molar-refractivity contribution is 5.89. The van der Waals surface area contributed by atoms with Gasteiger partial charge in [0.1, 0.15) is 0 Å². The number of benzene rings is 1. The lowest BCUT2D eigenvalue weighted by molar-refractivity contribution is 0.0479. The van der Waals surface area contributed by atoms with Gasteiger partial charge in [0.15, 0.2) is 0 Å². The maximum Gasteiger partial charge on any atom is 0.353 e. The van der Waals surface area contributed by atoms with Crippen LogP contribution in [-0.4, -0.2) is 19.2 Å². The smallest absolute Gasteiger partial charge is 0.353 e. The Morgan fingerprint density at radius 1 is 1.33 bits per heavy atom. The summed E-state index contributed by atoms with van der Waals surface area (Å²) in [7, 11) is 0. The molecule has 0 aromatic heterocycles. The van der Waals surface area contributed by atoms with Crippen LogP contribution in [0.1, 0.15) is 16.8 Å². The minimum Gasteiger partial charge on any atom is -0.448 e. The minimum atomic E-state index is -0.313. The van der Waals surface area contributed by atoms with Gasteiger partial charge in [-0.25, -0.2) is 4.79 Å². The molecule has 0 saturated heterocycles. The molecular formula is C12H12O3+. The molecular weight excluding hydrogens is 192 g/mol. The molecule has 0 unspecified atom stereocenters. The molecule has 3 nitrogen and oxygen atoms in total. The molecule has 0 bridgehead atoms. The second kappa shape index (κ2) is 4.64. The Hall–Kier alpha value is -1.77. The van der Waals surface area contributed by atoms with Crippen molar-refractivity contribution in [2.75, 3.05) is 13.2 Å². The van der Waals surface area contributed by atoms with Crippen LogP contribution in [0.5, 0.6) is 0 Å². The Morgan fingerprint density at radius 2 is 2.13 bits per heavy atom. The number of hydrogen-bond donors (Lipinski definition) is 0. The second-order valence-corrected chi connectivity index (χ2v) is 3.25. The molecule has 1 aliphatic heterocycles. The number of ether oxygens (including phenoxy) is 2. The van der Waals surface area contributed by atoms with Gasteiger partial charge >= 0.3 is 11.7 Å². The van der Waals surface area contributed by atoms with Gasteiger partial charge in [-0.3, -0.25) is 4.74 Å². The largest absolute Gasteiger partial charge is 0.448 e. The number of carbonyl (C=O) groups excluding carboxylic acids is 1. The van der Waals surface area contributed by atoms with E-state index in [-0.39, 0.29) is 12.6 Å². The van der Waals surface area contributed by atoms with Crippen molar-refractivity contribution in [2.24, 2.45) is 0 Å². The van der Waals surface area contributed by atoms with Crippen LogP contribution in [0.25, 0.3) is 0 Å². The molecule has 1 aromatic carbocycles. The summed E-state index contributed by atoms with van der Waals surface area (Å²) in [4.78, 5) is 11.5. The molecule has 1 heterocycles. The molecule has 3 heteroatoms. The first-order chi connectivity index (χ1) is 7.36. The van der Waals surface area contributed by atoms with Crippen LogP contribution in [0.2, 0.25) is 0 Å². The van der Waals surface area contributed by atoms with Gasteiger partial charge in [0, 0.05) is 6.08 Å². The van der Waals surface area contributed by atoms with Crippen molar-refractivity contribution in [2.45, 2.75) is 6.42 Å². The van der Waals surface area contributed by atoms with Crippen molar-refractivity contribution in [3.05, 3.63) is 47.7 Å². The van der Waals surface area contributed by atoms with Crippen LogP contribution in [-0.2, 0) is 9.47 Å². The van der Waals surface area contributed by atoms with Gasteiger partial charge in [-0.2, -0.15) is 0 Å². The number of rotatable bonds is 3. The highest BCUT2D eigenvalue weighted by Gasteiger charge is 2.20. The van der Waals surface area contributed by atoms with E-state index < -0.39 is 0 Å². The molecule has 0 spiro atoms. The Bertz CT molecular complexity index is 368. The molecule has 1 aromatic rings. The highest BCUT2D eigenvalue weighted by Crippen LogP contribution is 2.10. The van der Waals surface area contributed by atoms with Gasteiger partial charge in [-0.05, 0) is 12.1 Å². The summed E-state index contributed by atoms with van der Waals surface area (Å²) in [6, 6.07) is 8.93. The fourth-order valence-corrected chi connectivity index (χ4v) is 1.36. The Labute approximate surface area is 88.3 Å². The van der Waals surface area contributed by atoms with Crippen LogP contribution >= 0.6 is 0 Å². The lowest BCUT2D eigenvalue weighted by Crippen LogP contribution is -2.08. The lowest BCUT2D eigenvalue weighted by Gasteiger charge is -2.00. The monoisotopic (exact) mass is 204 g/mol. The lowest BCUT2D eigenvalue weighted by atomic mass is 10.2. The maximum atomic E-state index is 11.5. The molecule has 0 aliphatic carbocycles. The number of esters is 1. The summed E-state index contributed by atoms with van der Waals surface area (Å²) in [6.45, 7) is 0.923. The average molecular weight is 204 g/mol. The van der Waals surface area contributed by atoms with E-state index in [1.807, 2.05) is 24.3 Å². The average Bonchev–Trinajstić information content (AvgIpc) is 2.80. The third-order valence-corrected chi connectivity index (χ3v) is 2.13. The van der Waals surface area contributed by atoms with Crippen molar-refractivity contribution in [3.8, 4) is 0 Å². The summed E-state index contributed by atoms with van der Waals surface area (Å²) in [5, 5.41) is 0. The highest BCUT2D eigenvalue weighted by atomic mass is 16.6. The third-order valence-electron chi connectivity index (χ3n) is 2.13. The summed E-state index contributed by atoms with van der Waals surface area (Å²) < 4.78 is 10.3. The molecule has 0 fully saturated rings. The standard InChI is InChI=1S/C12H12O3/c13-12(10-5-2-1-3-6-10)15-9-11-7-4-8-14-11/h1-3,5-7H,4,8-9H2/q+1. The molecule has 0 N–H and O–H groups in total. The van der Waals surface area contributed by atoms with E-state index in [1.54, 1.807) is 12.1 Å². The molecule has 0 atom stereocenters. The third kappa shape index (κ3) is 2.59. The molecule has 0 amide bonds. The molecule has 0 saturated carbocycles. The first-order valence-corrected chi connectivity index (χ1v) is 4.90. The normalized spacial score (nSPS) is 14.3. The van der Waals surface area contributed by atoms with Gasteiger partial charge in [0.25, 0.3) is 6.61 Å². The van der Waals surface area contributed by atoms with Crippen LogP contribution in [0.3, 0.4) is 0 Å². The van der Waals surface area contributed by atoms with E-state index in [1.165, 1.54) is 0 Å². The van der Waals surface area contributed by atoms with Crippen molar-refractivity contribution in [1.82, 2.24) is 0 Å². The van der Waals surface area contributed by atoms with Gasteiger partial charge < -0.3 is 4.74 Å². The fourth-order valence-electron chi connectivity index (χ4n) is 1.36. The summed E-state index contributed by atoms with van der Waals surface area (Å²) >= 11 is 0. The zero-order valence-corrected chi connectivity index (χ0v) is 8.31. The Kier molecular flexibility index (Phi) is 3.02. The van der Waals surface area contributed by atoms with E-state index >= 15 is 0 Å². The van der Waals surface area contributed by atoms with Gasteiger partial charge in [-0.1, -0.05) is 18.2 Å². The number of hydrogen-bond acceptors (Lipinski definition) is 3. The topological polar surface area (TPSA) is 37.6 Å². The van der Waals surface area contributed by atoms with Crippen LogP contribution in [0.4, 0.5) is 0 Å². The van der Waals surface area contributed by atoms with E-state index in [9.17, 15) is 4.79 Å². The Morgan fingerprint density at radius 3 is 2.80 bits per heavy atom. The van der Waals surface area contributed by atoms with Crippen molar-refractivity contribution < 1.29 is 14.3 Å². The van der Waals surface area contributed by atoms with Gasteiger partial charge in [0.2, 0.25) is 6.61 Å². The zero-order chi connectivity index (χ0) is 10.5. The first-order valence-electron chi connectivity index (χ1n) is 4.90. The quantitative estimate of drug-likeness (QED) is 0.559. The maximum absolute atomic E-state index is 11.5. The summed E-state index contributed by atoms with van der Waals surface area (Å²) in [5.74, 6) is 0.436.